The van der Waals surface area contributed by atoms with Gasteiger partial charge in [0.1, 0.15) is 5.75 Å². The highest BCUT2D eigenvalue weighted by atomic mass is 16.5. The third kappa shape index (κ3) is 4.21. The van der Waals surface area contributed by atoms with Crippen LogP contribution >= 0.6 is 0 Å². The average molecular weight is 291 g/mol. The molecule has 0 heterocycles. The summed E-state index contributed by atoms with van der Waals surface area (Å²) in [5.74, 6) is 2.52. The number of benzene rings is 1. The van der Waals surface area contributed by atoms with E-state index >= 15 is 0 Å². The molecule has 1 fully saturated rings. The normalized spacial score (nSPS) is 27.3. The van der Waals surface area contributed by atoms with Crippen molar-refractivity contribution in [2.75, 3.05) is 20.8 Å². The van der Waals surface area contributed by atoms with Crippen LogP contribution in [0.15, 0.2) is 24.3 Å². The summed E-state index contributed by atoms with van der Waals surface area (Å²) in [6.45, 7) is 5.39. The number of rotatable bonds is 6. The number of hydrogen-bond donors (Lipinski definition) is 1. The first kappa shape index (κ1) is 16.3. The quantitative estimate of drug-likeness (QED) is 0.865. The SMILES string of the molecule is CNC(COC1CCC(C)C(C)C1)c1ccccc1OC. The topological polar surface area (TPSA) is 30.5 Å². The molecule has 1 aliphatic carbocycles. The van der Waals surface area contributed by atoms with Gasteiger partial charge in [-0.15, -0.1) is 0 Å². The Morgan fingerprint density at radius 2 is 1.95 bits per heavy atom. The molecule has 118 valence electrons. The summed E-state index contributed by atoms with van der Waals surface area (Å²) in [6.07, 6.45) is 4.06. The van der Waals surface area contributed by atoms with Crippen LogP contribution in [0, 0.1) is 11.8 Å². The maximum absolute atomic E-state index is 6.19. The van der Waals surface area contributed by atoms with E-state index in [-0.39, 0.29) is 6.04 Å². The number of ether oxygens (including phenoxy) is 2. The second kappa shape index (κ2) is 7.81. The van der Waals surface area contributed by atoms with Crippen LogP contribution in [-0.2, 0) is 4.74 Å². The second-order valence-corrected chi connectivity index (χ2v) is 6.31. The second-order valence-electron chi connectivity index (χ2n) is 6.31. The standard InChI is InChI=1S/C18H29NO2/c1-13-9-10-15(11-14(13)2)21-12-17(19-3)16-7-5-6-8-18(16)20-4/h5-8,13-15,17,19H,9-12H2,1-4H3. The zero-order valence-electron chi connectivity index (χ0n) is 13.8. The van der Waals surface area contributed by atoms with E-state index in [1.165, 1.54) is 24.8 Å². The fourth-order valence-electron chi connectivity index (χ4n) is 3.16. The molecule has 0 aromatic heterocycles. The van der Waals surface area contributed by atoms with Gasteiger partial charge >= 0.3 is 0 Å². The van der Waals surface area contributed by atoms with Gasteiger partial charge in [-0.2, -0.15) is 0 Å². The Morgan fingerprint density at radius 1 is 1.19 bits per heavy atom. The predicted octanol–water partition coefficient (Wildman–Crippen LogP) is 3.80. The molecule has 0 bridgehead atoms. The monoisotopic (exact) mass is 291 g/mol. The molecule has 4 unspecified atom stereocenters. The number of methoxy groups -OCH3 is 1. The molecule has 4 atom stereocenters. The Labute approximate surface area is 129 Å². The zero-order valence-corrected chi connectivity index (χ0v) is 13.8. The molecule has 1 aromatic carbocycles. The van der Waals surface area contributed by atoms with Crippen molar-refractivity contribution in [1.82, 2.24) is 5.32 Å². The van der Waals surface area contributed by atoms with Crippen molar-refractivity contribution in [3.8, 4) is 5.75 Å². The molecule has 0 spiro atoms. The summed E-state index contributed by atoms with van der Waals surface area (Å²) in [4.78, 5) is 0. The number of hydrogen-bond acceptors (Lipinski definition) is 3. The van der Waals surface area contributed by atoms with Gasteiger partial charge in [0.05, 0.1) is 25.9 Å². The molecule has 0 amide bonds. The third-order valence-electron chi connectivity index (χ3n) is 4.91. The molecule has 3 heteroatoms. The molecule has 0 saturated heterocycles. The van der Waals surface area contributed by atoms with Gasteiger partial charge in [-0.25, -0.2) is 0 Å². The van der Waals surface area contributed by atoms with E-state index < -0.39 is 0 Å². The van der Waals surface area contributed by atoms with Gasteiger partial charge in [-0.05, 0) is 44.2 Å². The van der Waals surface area contributed by atoms with Crippen LogP contribution in [0.5, 0.6) is 5.75 Å². The van der Waals surface area contributed by atoms with Crippen molar-refractivity contribution in [3.63, 3.8) is 0 Å². The van der Waals surface area contributed by atoms with Gasteiger partial charge in [0.15, 0.2) is 0 Å². The van der Waals surface area contributed by atoms with Crippen molar-refractivity contribution in [3.05, 3.63) is 29.8 Å². The summed E-state index contributed by atoms with van der Waals surface area (Å²) in [5.41, 5.74) is 1.17. The Bertz CT molecular complexity index is 435. The van der Waals surface area contributed by atoms with E-state index in [9.17, 15) is 0 Å². The van der Waals surface area contributed by atoms with Gasteiger partial charge in [-0.1, -0.05) is 32.0 Å². The first-order valence-corrected chi connectivity index (χ1v) is 8.07. The highest BCUT2D eigenvalue weighted by Gasteiger charge is 2.26. The minimum absolute atomic E-state index is 0.177. The molecule has 0 radical (unpaired) electrons. The maximum Gasteiger partial charge on any atom is 0.123 e. The largest absolute Gasteiger partial charge is 0.496 e. The van der Waals surface area contributed by atoms with Crippen molar-refractivity contribution in [2.24, 2.45) is 11.8 Å². The summed E-state index contributed by atoms with van der Waals surface area (Å²) in [7, 11) is 3.70. The molecular formula is C18H29NO2. The number of para-hydroxylation sites is 1. The number of likely N-dealkylation sites (N-methyl/N-ethyl adjacent to an activating group) is 1. The van der Waals surface area contributed by atoms with Gasteiger partial charge in [0.2, 0.25) is 0 Å². The molecule has 1 aliphatic rings. The smallest absolute Gasteiger partial charge is 0.123 e. The summed E-state index contributed by atoms with van der Waals surface area (Å²) in [6, 6.07) is 8.34. The van der Waals surface area contributed by atoms with Crippen molar-refractivity contribution < 1.29 is 9.47 Å². The molecule has 21 heavy (non-hydrogen) atoms. The highest BCUT2D eigenvalue weighted by Crippen LogP contribution is 2.32. The van der Waals surface area contributed by atoms with Crippen molar-refractivity contribution >= 4 is 0 Å². The van der Waals surface area contributed by atoms with Crippen LogP contribution in [0.3, 0.4) is 0 Å². The van der Waals surface area contributed by atoms with Crippen LogP contribution < -0.4 is 10.1 Å². The summed E-state index contributed by atoms with van der Waals surface area (Å²) < 4.78 is 11.6. The summed E-state index contributed by atoms with van der Waals surface area (Å²) >= 11 is 0. The Balaban J connectivity index is 1.94. The van der Waals surface area contributed by atoms with Crippen LogP contribution in [0.25, 0.3) is 0 Å². The minimum atomic E-state index is 0.177. The number of nitrogens with one attached hydrogen (secondary N) is 1. The van der Waals surface area contributed by atoms with E-state index in [0.717, 1.165) is 17.6 Å². The molecule has 1 saturated carbocycles. The van der Waals surface area contributed by atoms with Gasteiger partial charge in [0.25, 0.3) is 0 Å². The molecular weight excluding hydrogens is 262 g/mol. The van der Waals surface area contributed by atoms with Crippen LogP contribution in [0.4, 0.5) is 0 Å². The van der Waals surface area contributed by atoms with Gasteiger partial charge < -0.3 is 14.8 Å². The van der Waals surface area contributed by atoms with Crippen molar-refractivity contribution in [2.45, 2.75) is 45.3 Å². The van der Waals surface area contributed by atoms with Crippen LogP contribution in [-0.4, -0.2) is 26.9 Å². The molecule has 2 rings (SSSR count). The predicted molar refractivity (Wildman–Crippen MR) is 86.7 cm³/mol. The average Bonchev–Trinajstić information content (AvgIpc) is 2.51. The maximum atomic E-state index is 6.19. The van der Waals surface area contributed by atoms with Gasteiger partial charge in [-0.3, -0.25) is 0 Å². The molecule has 1 N–H and O–H groups in total. The van der Waals surface area contributed by atoms with Crippen LogP contribution in [0.2, 0.25) is 0 Å². The lowest BCUT2D eigenvalue weighted by Gasteiger charge is -2.33. The van der Waals surface area contributed by atoms with E-state index in [2.05, 4.69) is 25.2 Å². The van der Waals surface area contributed by atoms with E-state index in [1.807, 2.05) is 25.2 Å². The Kier molecular flexibility index (Phi) is 6.07. The first-order chi connectivity index (χ1) is 10.2. The fourth-order valence-corrected chi connectivity index (χ4v) is 3.16. The van der Waals surface area contributed by atoms with E-state index in [4.69, 9.17) is 9.47 Å². The zero-order chi connectivity index (χ0) is 15.2. The lowest BCUT2D eigenvalue weighted by atomic mass is 9.80. The minimum Gasteiger partial charge on any atom is -0.496 e. The van der Waals surface area contributed by atoms with Crippen LogP contribution in [0.1, 0.15) is 44.7 Å². The Morgan fingerprint density at radius 3 is 2.62 bits per heavy atom. The highest BCUT2D eigenvalue weighted by molar-refractivity contribution is 5.35. The fraction of sp³-hybridized carbons (Fsp3) is 0.667. The molecule has 1 aromatic rings. The molecule has 3 nitrogen and oxygen atoms in total. The van der Waals surface area contributed by atoms with Crippen molar-refractivity contribution in [1.29, 1.82) is 0 Å². The lowest BCUT2D eigenvalue weighted by molar-refractivity contribution is -0.00704. The third-order valence-corrected chi connectivity index (χ3v) is 4.91. The first-order valence-electron chi connectivity index (χ1n) is 8.07. The molecule has 0 aliphatic heterocycles. The lowest BCUT2D eigenvalue weighted by Crippen LogP contribution is -2.30. The Hall–Kier alpha value is -1.06. The van der Waals surface area contributed by atoms with E-state index in [0.29, 0.717) is 12.7 Å². The summed E-state index contributed by atoms with van der Waals surface area (Å²) in [5, 5.41) is 3.35. The van der Waals surface area contributed by atoms with E-state index in [1.54, 1.807) is 7.11 Å². The van der Waals surface area contributed by atoms with Gasteiger partial charge in [0, 0.05) is 5.56 Å².